The van der Waals surface area contributed by atoms with Gasteiger partial charge in [-0.15, -0.1) is 0 Å². The zero-order valence-electron chi connectivity index (χ0n) is 14.6. The molecule has 0 bridgehead atoms. The van der Waals surface area contributed by atoms with Gasteiger partial charge in [0, 0.05) is 11.9 Å². The van der Waals surface area contributed by atoms with Gasteiger partial charge >= 0.3 is 5.97 Å². The number of pyridine rings is 1. The molecule has 2 heterocycles. The molecule has 3 rings (SSSR count). The Morgan fingerprint density at radius 2 is 1.93 bits per heavy atom. The van der Waals surface area contributed by atoms with Crippen LogP contribution in [-0.2, 0) is 11.3 Å². The van der Waals surface area contributed by atoms with Gasteiger partial charge in [0.1, 0.15) is 5.56 Å². The van der Waals surface area contributed by atoms with Gasteiger partial charge in [0.2, 0.25) is 17.8 Å². The molecule has 0 saturated heterocycles. The SMILES string of the molecule is CCOc1ncccc1C(=O)OCc1nc(N)nc(Nc2ccccc2)n1. The second kappa shape index (κ2) is 8.56. The van der Waals surface area contributed by atoms with Crippen LogP contribution in [0.25, 0.3) is 0 Å². The summed E-state index contributed by atoms with van der Waals surface area (Å²) in [6, 6.07) is 12.6. The number of para-hydroxylation sites is 1. The molecule has 0 atom stereocenters. The first-order valence-corrected chi connectivity index (χ1v) is 8.23. The Hall–Kier alpha value is -3.75. The minimum Gasteiger partial charge on any atom is -0.477 e. The average Bonchev–Trinajstić information content (AvgIpc) is 2.67. The molecule has 9 heteroatoms. The van der Waals surface area contributed by atoms with Crippen LogP contribution in [0.15, 0.2) is 48.7 Å². The summed E-state index contributed by atoms with van der Waals surface area (Å²) in [5.74, 6) is 0.118. The third-order valence-corrected chi connectivity index (χ3v) is 3.33. The van der Waals surface area contributed by atoms with E-state index in [1.165, 1.54) is 6.20 Å². The number of nitrogens with two attached hydrogens (primary N) is 1. The van der Waals surface area contributed by atoms with E-state index in [1.54, 1.807) is 19.1 Å². The molecule has 0 radical (unpaired) electrons. The third kappa shape index (κ3) is 4.88. The smallest absolute Gasteiger partial charge is 0.344 e. The van der Waals surface area contributed by atoms with Gasteiger partial charge in [-0.1, -0.05) is 18.2 Å². The Bertz CT molecular complexity index is 920. The molecule has 27 heavy (non-hydrogen) atoms. The maximum absolute atomic E-state index is 12.3. The van der Waals surface area contributed by atoms with Crippen LogP contribution in [-0.4, -0.2) is 32.5 Å². The fraction of sp³-hybridized carbons (Fsp3) is 0.167. The van der Waals surface area contributed by atoms with Crippen molar-refractivity contribution in [2.75, 3.05) is 17.7 Å². The van der Waals surface area contributed by atoms with Crippen LogP contribution in [0.2, 0.25) is 0 Å². The number of benzene rings is 1. The fourth-order valence-corrected chi connectivity index (χ4v) is 2.21. The molecule has 0 fully saturated rings. The summed E-state index contributed by atoms with van der Waals surface area (Å²) in [5, 5.41) is 3.02. The van der Waals surface area contributed by atoms with Crippen LogP contribution in [0.5, 0.6) is 5.88 Å². The van der Waals surface area contributed by atoms with Crippen LogP contribution >= 0.6 is 0 Å². The van der Waals surface area contributed by atoms with Crippen molar-refractivity contribution in [1.82, 2.24) is 19.9 Å². The molecule has 138 valence electrons. The van der Waals surface area contributed by atoms with E-state index >= 15 is 0 Å². The van der Waals surface area contributed by atoms with Crippen molar-refractivity contribution in [2.45, 2.75) is 13.5 Å². The van der Waals surface area contributed by atoms with Gasteiger partial charge in [0.25, 0.3) is 0 Å². The zero-order valence-corrected chi connectivity index (χ0v) is 14.6. The van der Waals surface area contributed by atoms with Crippen LogP contribution in [0.1, 0.15) is 23.1 Å². The highest BCUT2D eigenvalue weighted by Gasteiger charge is 2.16. The van der Waals surface area contributed by atoms with E-state index in [0.717, 1.165) is 5.69 Å². The minimum atomic E-state index is -0.594. The first-order chi connectivity index (χ1) is 13.2. The van der Waals surface area contributed by atoms with Gasteiger partial charge in [-0.05, 0) is 31.2 Å². The molecule has 0 aliphatic heterocycles. The maximum Gasteiger partial charge on any atom is 0.344 e. The number of ether oxygens (including phenoxy) is 2. The molecular weight excluding hydrogens is 348 g/mol. The number of hydrogen-bond acceptors (Lipinski definition) is 9. The van der Waals surface area contributed by atoms with Crippen molar-refractivity contribution < 1.29 is 14.3 Å². The first-order valence-electron chi connectivity index (χ1n) is 8.23. The summed E-state index contributed by atoms with van der Waals surface area (Å²) < 4.78 is 10.6. The molecule has 9 nitrogen and oxygen atoms in total. The second-order valence-corrected chi connectivity index (χ2v) is 5.29. The van der Waals surface area contributed by atoms with Gasteiger partial charge in [-0.25, -0.2) is 9.78 Å². The number of rotatable bonds is 7. The Morgan fingerprint density at radius 1 is 1.11 bits per heavy atom. The predicted octanol–water partition coefficient (Wildman–Crippen LogP) is 2.35. The number of nitrogens with one attached hydrogen (secondary N) is 1. The van der Waals surface area contributed by atoms with E-state index < -0.39 is 5.97 Å². The summed E-state index contributed by atoms with van der Waals surface area (Å²) in [4.78, 5) is 28.6. The molecule has 0 amide bonds. The maximum atomic E-state index is 12.3. The Morgan fingerprint density at radius 3 is 2.70 bits per heavy atom. The summed E-state index contributed by atoms with van der Waals surface area (Å²) in [6.07, 6.45) is 1.54. The summed E-state index contributed by atoms with van der Waals surface area (Å²) >= 11 is 0. The number of aromatic nitrogens is 4. The van der Waals surface area contributed by atoms with Crippen LogP contribution in [0.3, 0.4) is 0 Å². The highest BCUT2D eigenvalue weighted by atomic mass is 16.5. The van der Waals surface area contributed by atoms with Gasteiger partial charge in [0.05, 0.1) is 6.61 Å². The molecule has 0 unspecified atom stereocenters. The summed E-state index contributed by atoms with van der Waals surface area (Å²) in [5.41, 5.74) is 6.74. The van der Waals surface area contributed by atoms with Gasteiger partial charge < -0.3 is 20.5 Å². The quantitative estimate of drug-likeness (QED) is 0.606. The molecule has 2 aromatic heterocycles. The molecule has 0 saturated carbocycles. The zero-order chi connectivity index (χ0) is 19.1. The number of hydrogen-bond donors (Lipinski definition) is 2. The molecular formula is C18H18N6O3. The topological polar surface area (TPSA) is 125 Å². The molecule has 3 aromatic rings. The molecule has 3 N–H and O–H groups in total. The van der Waals surface area contributed by atoms with Crippen molar-refractivity contribution in [2.24, 2.45) is 0 Å². The van der Waals surface area contributed by atoms with E-state index in [9.17, 15) is 4.79 Å². The summed E-state index contributed by atoms with van der Waals surface area (Å²) in [6.45, 7) is 2.02. The number of nitrogens with zero attached hydrogens (tertiary/aromatic N) is 4. The first kappa shape index (κ1) is 18.1. The number of esters is 1. The Kier molecular flexibility index (Phi) is 5.73. The highest BCUT2D eigenvalue weighted by Crippen LogP contribution is 2.17. The number of carbonyl (C=O) groups excluding carboxylic acids is 1. The van der Waals surface area contributed by atoms with Gasteiger partial charge in [0.15, 0.2) is 12.4 Å². The van der Waals surface area contributed by atoms with Crippen molar-refractivity contribution >= 4 is 23.6 Å². The lowest BCUT2D eigenvalue weighted by atomic mass is 10.3. The van der Waals surface area contributed by atoms with Crippen LogP contribution in [0.4, 0.5) is 17.6 Å². The lowest BCUT2D eigenvalue weighted by molar-refractivity contribution is 0.0456. The Labute approximate surface area is 155 Å². The van der Waals surface area contributed by atoms with E-state index in [4.69, 9.17) is 15.2 Å². The van der Waals surface area contributed by atoms with Crippen molar-refractivity contribution in [3.63, 3.8) is 0 Å². The standard InChI is InChI=1S/C18H18N6O3/c1-2-26-15-13(9-6-10-20-15)16(25)27-11-14-22-17(19)24-18(23-14)21-12-7-4-3-5-8-12/h3-10H,2,11H2,1H3,(H3,19,21,22,23,24). The van der Waals surface area contributed by atoms with E-state index in [2.05, 4.69) is 25.3 Å². The fourth-order valence-electron chi connectivity index (χ4n) is 2.21. The predicted molar refractivity (Wildman–Crippen MR) is 98.5 cm³/mol. The van der Waals surface area contributed by atoms with E-state index in [-0.39, 0.29) is 35.8 Å². The van der Waals surface area contributed by atoms with Gasteiger partial charge in [-0.2, -0.15) is 15.0 Å². The van der Waals surface area contributed by atoms with Crippen molar-refractivity contribution in [3.8, 4) is 5.88 Å². The highest BCUT2D eigenvalue weighted by molar-refractivity contribution is 5.91. The molecule has 0 aliphatic rings. The number of nitrogen functional groups attached to an aromatic ring is 1. The van der Waals surface area contributed by atoms with Crippen molar-refractivity contribution in [1.29, 1.82) is 0 Å². The van der Waals surface area contributed by atoms with Gasteiger partial charge in [-0.3, -0.25) is 0 Å². The molecule has 0 aliphatic carbocycles. The molecule has 1 aromatic carbocycles. The third-order valence-electron chi connectivity index (χ3n) is 3.33. The minimum absolute atomic E-state index is 0.0193. The number of anilines is 3. The average molecular weight is 366 g/mol. The van der Waals surface area contributed by atoms with Crippen LogP contribution < -0.4 is 15.8 Å². The largest absolute Gasteiger partial charge is 0.477 e. The Balaban J connectivity index is 1.70. The van der Waals surface area contributed by atoms with Crippen LogP contribution in [0, 0.1) is 0 Å². The second-order valence-electron chi connectivity index (χ2n) is 5.29. The lowest BCUT2D eigenvalue weighted by Crippen LogP contribution is -2.12. The van der Waals surface area contributed by atoms with E-state index in [1.807, 2.05) is 30.3 Å². The lowest BCUT2D eigenvalue weighted by Gasteiger charge is -2.09. The van der Waals surface area contributed by atoms with E-state index in [0.29, 0.717) is 6.61 Å². The normalized spacial score (nSPS) is 10.3. The molecule has 0 spiro atoms. The summed E-state index contributed by atoms with van der Waals surface area (Å²) in [7, 11) is 0. The monoisotopic (exact) mass is 366 g/mol. The van der Waals surface area contributed by atoms with Crippen molar-refractivity contribution in [3.05, 3.63) is 60.0 Å². The number of carbonyl (C=O) groups is 1.